The van der Waals surface area contributed by atoms with Crippen molar-refractivity contribution in [1.29, 1.82) is 0 Å². The van der Waals surface area contributed by atoms with Crippen molar-refractivity contribution in [3.63, 3.8) is 0 Å². The number of aromatic nitrogens is 3. The number of benzene rings is 2. The van der Waals surface area contributed by atoms with Crippen LogP contribution < -0.4 is 5.32 Å². The number of carbonyl (C=O) groups excluding carboxylic acids is 1. The minimum absolute atomic E-state index is 0.262. The van der Waals surface area contributed by atoms with Gasteiger partial charge in [0.25, 0.3) is 5.91 Å². The van der Waals surface area contributed by atoms with E-state index < -0.39 is 5.82 Å². The summed E-state index contributed by atoms with van der Waals surface area (Å²) in [5.41, 5.74) is 1.93. The van der Waals surface area contributed by atoms with Crippen LogP contribution in [0, 0.1) is 12.7 Å². The van der Waals surface area contributed by atoms with Gasteiger partial charge in [-0.2, -0.15) is 5.10 Å². The summed E-state index contributed by atoms with van der Waals surface area (Å²) in [5.74, 6) is -0.342. The highest BCUT2D eigenvalue weighted by molar-refractivity contribution is 9.10. The molecule has 0 fully saturated rings. The predicted octanol–water partition coefficient (Wildman–Crippen LogP) is 4.88. The molecule has 0 aliphatic carbocycles. The maximum atomic E-state index is 14.2. The second kappa shape index (κ2) is 6.92. The molecule has 0 spiro atoms. The third kappa shape index (κ3) is 3.21. The van der Waals surface area contributed by atoms with E-state index >= 15 is 0 Å². The number of anilines is 1. The number of halogens is 2. The number of nitrogens with zero attached hydrogens (tertiary/aromatic N) is 3. The number of hydrogen-bond donors (Lipinski definition) is 1. The molecule has 2 aromatic heterocycles. The highest BCUT2D eigenvalue weighted by atomic mass is 79.9. The summed E-state index contributed by atoms with van der Waals surface area (Å²) in [6.07, 6.45) is 1.42. The minimum Gasteiger partial charge on any atom is -0.306 e. The Balaban J connectivity index is 1.65. The lowest BCUT2D eigenvalue weighted by Gasteiger charge is -2.09. The van der Waals surface area contributed by atoms with Crippen molar-refractivity contribution in [3.05, 3.63) is 82.3 Å². The van der Waals surface area contributed by atoms with Gasteiger partial charge in [-0.3, -0.25) is 4.79 Å². The molecular weight excluding hydrogens is 411 g/mol. The fourth-order valence-corrected chi connectivity index (χ4v) is 3.38. The van der Waals surface area contributed by atoms with Crippen molar-refractivity contribution in [2.45, 2.75) is 6.92 Å². The van der Waals surface area contributed by atoms with Crippen LogP contribution in [0.2, 0.25) is 0 Å². The van der Waals surface area contributed by atoms with Crippen LogP contribution in [0.1, 0.15) is 16.1 Å². The van der Waals surface area contributed by atoms with E-state index in [9.17, 15) is 9.18 Å². The summed E-state index contributed by atoms with van der Waals surface area (Å²) >= 11 is 3.33. The molecule has 0 radical (unpaired) electrons. The summed E-state index contributed by atoms with van der Waals surface area (Å²) in [4.78, 5) is 17.1. The predicted molar refractivity (Wildman–Crippen MR) is 106 cm³/mol. The van der Waals surface area contributed by atoms with E-state index in [1.165, 1.54) is 16.9 Å². The number of amides is 1. The summed E-state index contributed by atoms with van der Waals surface area (Å²) in [7, 11) is 0. The van der Waals surface area contributed by atoms with Gasteiger partial charge < -0.3 is 5.32 Å². The summed E-state index contributed by atoms with van der Waals surface area (Å²) < 4.78 is 16.2. The summed E-state index contributed by atoms with van der Waals surface area (Å²) in [5, 5.41) is 7.95. The van der Waals surface area contributed by atoms with Crippen molar-refractivity contribution in [1.82, 2.24) is 14.8 Å². The number of pyridine rings is 1. The highest BCUT2D eigenvalue weighted by Crippen LogP contribution is 2.26. The second-order valence-corrected chi connectivity index (χ2v) is 6.82. The molecule has 0 saturated carbocycles. The van der Waals surface area contributed by atoms with Crippen LogP contribution in [0.25, 0.3) is 16.6 Å². The molecule has 0 aliphatic heterocycles. The Morgan fingerprint density at radius 3 is 2.74 bits per heavy atom. The first-order chi connectivity index (χ1) is 13.0. The normalized spacial score (nSPS) is 10.9. The fourth-order valence-electron chi connectivity index (χ4n) is 2.87. The van der Waals surface area contributed by atoms with Gasteiger partial charge in [-0.1, -0.05) is 24.3 Å². The van der Waals surface area contributed by atoms with Gasteiger partial charge in [-0.05, 0) is 53.2 Å². The monoisotopic (exact) mass is 424 g/mol. The van der Waals surface area contributed by atoms with Crippen LogP contribution in [0.3, 0.4) is 0 Å². The van der Waals surface area contributed by atoms with Crippen molar-refractivity contribution >= 4 is 38.6 Å². The number of para-hydroxylation sites is 2. The zero-order valence-electron chi connectivity index (χ0n) is 14.3. The average molecular weight is 425 g/mol. The highest BCUT2D eigenvalue weighted by Gasteiger charge is 2.19. The summed E-state index contributed by atoms with van der Waals surface area (Å²) in [6, 6.07) is 16.0. The Morgan fingerprint density at radius 1 is 1.11 bits per heavy atom. The van der Waals surface area contributed by atoms with Crippen LogP contribution in [-0.2, 0) is 0 Å². The van der Waals surface area contributed by atoms with E-state index in [4.69, 9.17) is 0 Å². The van der Waals surface area contributed by atoms with Gasteiger partial charge in [0, 0.05) is 9.86 Å². The van der Waals surface area contributed by atoms with Gasteiger partial charge >= 0.3 is 0 Å². The third-order valence-corrected chi connectivity index (χ3v) is 4.88. The molecule has 7 heteroatoms. The van der Waals surface area contributed by atoms with Crippen molar-refractivity contribution in [2.75, 3.05) is 5.32 Å². The first kappa shape index (κ1) is 17.4. The topological polar surface area (TPSA) is 59.8 Å². The molecule has 2 heterocycles. The zero-order chi connectivity index (χ0) is 19.0. The van der Waals surface area contributed by atoms with Crippen LogP contribution in [0.15, 0.2) is 65.3 Å². The number of fused-ring (bicyclic) bond motifs is 1. The van der Waals surface area contributed by atoms with Crippen molar-refractivity contribution < 1.29 is 9.18 Å². The van der Waals surface area contributed by atoms with E-state index in [0.29, 0.717) is 21.5 Å². The maximum Gasteiger partial charge on any atom is 0.260 e. The molecule has 0 saturated heterocycles. The molecular formula is C20H14BrFN4O. The Morgan fingerprint density at radius 2 is 1.93 bits per heavy atom. The van der Waals surface area contributed by atoms with Crippen LogP contribution >= 0.6 is 15.9 Å². The van der Waals surface area contributed by atoms with E-state index in [0.717, 1.165) is 10.9 Å². The molecule has 0 bridgehead atoms. The van der Waals surface area contributed by atoms with Gasteiger partial charge in [0.2, 0.25) is 0 Å². The Hall–Kier alpha value is -3.06. The lowest BCUT2D eigenvalue weighted by Crippen LogP contribution is -2.14. The summed E-state index contributed by atoms with van der Waals surface area (Å²) in [6.45, 7) is 1.72. The lowest BCUT2D eigenvalue weighted by molar-refractivity contribution is 0.102. The molecule has 1 N–H and O–H groups in total. The van der Waals surface area contributed by atoms with Crippen LogP contribution in [0.5, 0.6) is 0 Å². The van der Waals surface area contributed by atoms with Gasteiger partial charge in [0.1, 0.15) is 17.3 Å². The number of hydrogen-bond acceptors (Lipinski definition) is 3. The lowest BCUT2D eigenvalue weighted by atomic mass is 10.2. The van der Waals surface area contributed by atoms with Gasteiger partial charge in [-0.25, -0.2) is 14.1 Å². The Labute approximate surface area is 163 Å². The Bertz CT molecular complexity index is 1150. The molecule has 134 valence electrons. The van der Waals surface area contributed by atoms with E-state index in [-0.39, 0.29) is 11.6 Å². The zero-order valence-corrected chi connectivity index (χ0v) is 15.9. The quantitative estimate of drug-likeness (QED) is 0.509. The van der Waals surface area contributed by atoms with E-state index in [1.807, 2.05) is 30.3 Å². The van der Waals surface area contributed by atoms with Crippen molar-refractivity contribution in [3.8, 4) is 5.69 Å². The molecule has 0 atom stereocenters. The van der Waals surface area contributed by atoms with E-state index in [1.54, 1.807) is 25.1 Å². The average Bonchev–Trinajstić information content (AvgIpc) is 3.03. The first-order valence-corrected chi connectivity index (χ1v) is 9.00. The van der Waals surface area contributed by atoms with Gasteiger partial charge in [0.05, 0.1) is 23.0 Å². The van der Waals surface area contributed by atoms with Gasteiger partial charge in [0.15, 0.2) is 0 Å². The number of nitrogens with one attached hydrogen (secondary N) is 1. The first-order valence-electron chi connectivity index (χ1n) is 8.21. The number of carbonyl (C=O) groups is 1. The molecule has 2 aromatic carbocycles. The maximum absolute atomic E-state index is 14.2. The van der Waals surface area contributed by atoms with Crippen molar-refractivity contribution in [2.24, 2.45) is 0 Å². The largest absolute Gasteiger partial charge is 0.306 e. The number of rotatable bonds is 3. The standard InChI is InChI=1S/C20H14BrFN4O/c1-12-14(11-23-26(12)19-15(21)6-4-7-16(19)22)20(27)25-18-10-9-13-5-2-3-8-17(13)24-18/h2-11H,1H3,(H,24,25,27). The SMILES string of the molecule is Cc1c(C(=O)Nc2ccc3ccccc3n2)cnn1-c1c(F)cccc1Br. The van der Waals surface area contributed by atoms with Crippen LogP contribution in [-0.4, -0.2) is 20.7 Å². The van der Waals surface area contributed by atoms with Crippen LogP contribution in [0.4, 0.5) is 10.2 Å². The molecule has 4 rings (SSSR count). The smallest absolute Gasteiger partial charge is 0.260 e. The van der Waals surface area contributed by atoms with E-state index in [2.05, 4.69) is 31.3 Å². The molecule has 1 amide bonds. The minimum atomic E-state index is -0.432. The third-order valence-electron chi connectivity index (χ3n) is 4.24. The Kier molecular flexibility index (Phi) is 4.45. The molecule has 4 aromatic rings. The van der Waals surface area contributed by atoms with Gasteiger partial charge in [-0.15, -0.1) is 0 Å². The fraction of sp³-hybridized carbons (Fsp3) is 0.0500. The second-order valence-electron chi connectivity index (χ2n) is 5.97. The molecule has 0 unspecified atom stereocenters. The molecule has 5 nitrogen and oxygen atoms in total. The molecule has 27 heavy (non-hydrogen) atoms. The molecule has 0 aliphatic rings.